The van der Waals surface area contributed by atoms with Crippen molar-refractivity contribution >= 4 is 11.8 Å². The molecule has 4 nitrogen and oxygen atoms in total. The number of amides is 2. The Morgan fingerprint density at radius 1 is 1.06 bits per heavy atom. The Morgan fingerprint density at radius 2 is 1.59 bits per heavy atom. The highest BCUT2D eigenvalue weighted by Crippen LogP contribution is 2.09. The maximum atomic E-state index is 11.2. The van der Waals surface area contributed by atoms with Gasteiger partial charge in [0.2, 0.25) is 11.8 Å². The van der Waals surface area contributed by atoms with E-state index in [1.54, 1.807) is 0 Å². The van der Waals surface area contributed by atoms with Crippen LogP contribution in [0.1, 0.15) is 18.1 Å². The lowest BCUT2D eigenvalue weighted by molar-refractivity contribution is -0.136. The highest BCUT2D eigenvalue weighted by Gasteiger charge is 2.21. The first-order chi connectivity index (χ1) is 8.17. The standard InChI is InChI=1S/C13H16N2O2/c1-2-10-3-5-11(6-4-10)7-15-8-12(16)14-13(17)9-15/h3-6H,2,7-9H2,1H3,(H,14,16,17). The predicted molar refractivity (Wildman–Crippen MR) is 64.2 cm³/mol. The van der Waals surface area contributed by atoms with Gasteiger partial charge < -0.3 is 0 Å². The molecule has 0 radical (unpaired) electrons. The number of nitrogens with zero attached hydrogens (tertiary/aromatic N) is 1. The zero-order valence-electron chi connectivity index (χ0n) is 9.90. The Morgan fingerprint density at radius 3 is 2.12 bits per heavy atom. The molecule has 90 valence electrons. The van der Waals surface area contributed by atoms with Crippen LogP contribution in [0.5, 0.6) is 0 Å². The maximum absolute atomic E-state index is 11.2. The minimum atomic E-state index is -0.216. The Balaban J connectivity index is 1.99. The first kappa shape index (κ1) is 11.8. The molecule has 1 N–H and O–H groups in total. The molecule has 1 aromatic rings. The summed E-state index contributed by atoms with van der Waals surface area (Å²) in [6.45, 7) is 3.34. The van der Waals surface area contributed by atoms with E-state index in [2.05, 4.69) is 36.5 Å². The summed E-state index contributed by atoms with van der Waals surface area (Å²) in [6, 6.07) is 8.27. The summed E-state index contributed by atoms with van der Waals surface area (Å²) in [5.41, 5.74) is 2.42. The molecule has 0 aliphatic carbocycles. The van der Waals surface area contributed by atoms with Crippen LogP contribution >= 0.6 is 0 Å². The van der Waals surface area contributed by atoms with Crippen molar-refractivity contribution in [1.82, 2.24) is 10.2 Å². The fourth-order valence-corrected chi connectivity index (χ4v) is 1.95. The second-order valence-electron chi connectivity index (χ2n) is 4.29. The van der Waals surface area contributed by atoms with Crippen LogP contribution in [0.25, 0.3) is 0 Å². The third-order valence-electron chi connectivity index (χ3n) is 2.85. The molecule has 1 aromatic carbocycles. The van der Waals surface area contributed by atoms with E-state index in [1.807, 2.05) is 4.90 Å². The quantitative estimate of drug-likeness (QED) is 0.781. The molecule has 0 atom stereocenters. The monoisotopic (exact) mass is 232 g/mol. The highest BCUT2D eigenvalue weighted by atomic mass is 16.2. The van der Waals surface area contributed by atoms with Gasteiger partial charge in [-0.25, -0.2) is 0 Å². The Kier molecular flexibility index (Phi) is 3.54. The first-order valence-electron chi connectivity index (χ1n) is 5.80. The molecule has 0 bridgehead atoms. The van der Waals surface area contributed by atoms with Crippen molar-refractivity contribution in [3.8, 4) is 0 Å². The second kappa shape index (κ2) is 5.10. The molecule has 17 heavy (non-hydrogen) atoms. The fourth-order valence-electron chi connectivity index (χ4n) is 1.95. The molecule has 1 aliphatic rings. The van der Waals surface area contributed by atoms with Gasteiger partial charge >= 0.3 is 0 Å². The number of aryl methyl sites for hydroxylation is 1. The van der Waals surface area contributed by atoms with Crippen molar-refractivity contribution in [2.24, 2.45) is 0 Å². The molecule has 4 heteroatoms. The van der Waals surface area contributed by atoms with Crippen LogP contribution in [0.15, 0.2) is 24.3 Å². The summed E-state index contributed by atoms with van der Waals surface area (Å²) in [5.74, 6) is -0.433. The molecule has 2 amide bonds. The maximum Gasteiger partial charge on any atom is 0.240 e. The third kappa shape index (κ3) is 3.14. The number of nitrogens with one attached hydrogen (secondary N) is 1. The molecule has 0 aromatic heterocycles. The number of carbonyl (C=O) groups is 2. The Hall–Kier alpha value is -1.68. The molecule has 1 aliphatic heterocycles. The van der Waals surface area contributed by atoms with Gasteiger partial charge in [-0.3, -0.25) is 19.8 Å². The smallest absolute Gasteiger partial charge is 0.240 e. The largest absolute Gasteiger partial charge is 0.294 e. The van der Waals surface area contributed by atoms with Crippen molar-refractivity contribution in [2.45, 2.75) is 19.9 Å². The molecule has 0 unspecified atom stereocenters. The van der Waals surface area contributed by atoms with E-state index in [4.69, 9.17) is 0 Å². The second-order valence-corrected chi connectivity index (χ2v) is 4.29. The van der Waals surface area contributed by atoms with E-state index in [0.29, 0.717) is 19.6 Å². The fraction of sp³-hybridized carbons (Fsp3) is 0.385. The summed E-state index contributed by atoms with van der Waals surface area (Å²) in [6.07, 6.45) is 1.02. The summed E-state index contributed by atoms with van der Waals surface area (Å²) >= 11 is 0. The van der Waals surface area contributed by atoms with Gasteiger partial charge in [0, 0.05) is 6.54 Å². The number of hydrogen-bond acceptors (Lipinski definition) is 3. The predicted octanol–water partition coefficient (Wildman–Crippen LogP) is 0.707. The van der Waals surface area contributed by atoms with Crippen molar-refractivity contribution in [3.63, 3.8) is 0 Å². The minimum absolute atomic E-state index is 0.216. The lowest BCUT2D eigenvalue weighted by atomic mass is 10.1. The minimum Gasteiger partial charge on any atom is -0.294 e. The lowest BCUT2D eigenvalue weighted by Crippen LogP contribution is -2.50. The van der Waals surface area contributed by atoms with Gasteiger partial charge in [0.05, 0.1) is 13.1 Å². The molecule has 1 saturated heterocycles. The van der Waals surface area contributed by atoms with Crippen LogP contribution in [-0.4, -0.2) is 29.8 Å². The van der Waals surface area contributed by atoms with E-state index in [1.165, 1.54) is 5.56 Å². The van der Waals surface area contributed by atoms with E-state index in [-0.39, 0.29) is 11.8 Å². The highest BCUT2D eigenvalue weighted by molar-refractivity contribution is 5.99. The van der Waals surface area contributed by atoms with Gasteiger partial charge in [0.15, 0.2) is 0 Å². The number of carbonyl (C=O) groups excluding carboxylic acids is 2. The van der Waals surface area contributed by atoms with Gasteiger partial charge in [-0.2, -0.15) is 0 Å². The van der Waals surface area contributed by atoms with E-state index < -0.39 is 0 Å². The number of piperazine rings is 1. The van der Waals surface area contributed by atoms with Crippen molar-refractivity contribution in [3.05, 3.63) is 35.4 Å². The number of rotatable bonds is 3. The summed E-state index contributed by atoms with van der Waals surface area (Å²) in [4.78, 5) is 24.3. The van der Waals surface area contributed by atoms with Crippen molar-refractivity contribution in [1.29, 1.82) is 0 Å². The van der Waals surface area contributed by atoms with Gasteiger partial charge in [-0.1, -0.05) is 31.2 Å². The molecule has 2 rings (SSSR count). The van der Waals surface area contributed by atoms with Crippen LogP contribution in [0.2, 0.25) is 0 Å². The topological polar surface area (TPSA) is 49.4 Å². The molecule has 0 saturated carbocycles. The number of benzene rings is 1. The SMILES string of the molecule is CCc1ccc(CN2CC(=O)NC(=O)C2)cc1. The van der Waals surface area contributed by atoms with Crippen LogP contribution in [-0.2, 0) is 22.6 Å². The molecule has 1 fully saturated rings. The Bertz CT molecular complexity index is 410. The first-order valence-corrected chi connectivity index (χ1v) is 5.80. The lowest BCUT2D eigenvalue weighted by Gasteiger charge is -2.25. The van der Waals surface area contributed by atoms with E-state index in [0.717, 1.165) is 12.0 Å². The van der Waals surface area contributed by atoms with E-state index in [9.17, 15) is 9.59 Å². The van der Waals surface area contributed by atoms with Crippen LogP contribution in [0.3, 0.4) is 0 Å². The molecular weight excluding hydrogens is 216 g/mol. The molecule has 0 spiro atoms. The van der Waals surface area contributed by atoms with E-state index >= 15 is 0 Å². The van der Waals surface area contributed by atoms with Crippen molar-refractivity contribution in [2.75, 3.05) is 13.1 Å². The molecular formula is C13H16N2O2. The number of hydrogen-bond donors (Lipinski definition) is 1. The van der Waals surface area contributed by atoms with Gasteiger partial charge in [0.25, 0.3) is 0 Å². The van der Waals surface area contributed by atoms with Gasteiger partial charge in [-0.15, -0.1) is 0 Å². The van der Waals surface area contributed by atoms with Crippen LogP contribution < -0.4 is 5.32 Å². The Labute approximate surface area is 101 Å². The summed E-state index contributed by atoms with van der Waals surface area (Å²) < 4.78 is 0. The van der Waals surface area contributed by atoms with Gasteiger partial charge in [-0.05, 0) is 17.5 Å². The average Bonchev–Trinajstić information content (AvgIpc) is 2.28. The van der Waals surface area contributed by atoms with Gasteiger partial charge in [0.1, 0.15) is 0 Å². The number of imide groups is 1. The zero-order chi connectivity index (χ0) is 12.3. The zero-order valence-corrected chi connectivity index (χ0v) is 9.90. The summed E-state index contributed by atoms with van der Waals surface area (Å²) in [7, 11) is 0. The van der Waals surface area contributed by atoms with Crippen molar-refractivity contribution < 1.29 is 9.59 Å². The summed E-state index contributed by atoms with van der Waals surface area (Å²) in [5, 5.41) is 2.29. The average molecular weight is 232 g/mol. The third-order valence-corrected chi connectivity index (χ3v) is 2.85. The van der Waals surface area contributed by atoms with Crippen LogP contribution in [0.4, 0.5) is 0 Å². The van der Waals surface area contributed by atoms with Crippen LogP contribution in [0, 0.1) is 0 Å². The normalized spacial score (nSPS) is 17.0. The molecule has 1 heterocycles.